The topological polar surface area (TPSA) is 75.5 Å². The predicted molar refractivity (Wildman–Crippen MR) is 98.9 cm³/mol. The highest BCUT2D eigenvalue weighted by Crippen LogP contribution is 2.27. The van der Waals surface area contributed by atoms with E-state index in [0.717, 1.165) is 25.1 Å². The van der Waals surface area contributed by atoms with Crippen molar-refractivity contribution in [2.24, 2.45) is 0 Å². The molecule has 0 bridgehead atoms. The first-order chi connectivity index (χ1) is 12.5. The minimum absolute atomic E-state index is 0.0328. The van der Waals surface area contributed by atoms with Gasteiger partial charge in [0.15, 0.2) is 5.03 Å². The molecule has 2 aliphatic rings. The minimum Gasteiger partial charge on any atom is -0.336 e. The van der Waals surface area contributed by atoms with E-state index in [4.69, 9.17) is 0 Å². The van der Waals surface area contributed by atoms with Gasteiger partial charge < -0.3 is 9.47 Å². The lowest BCUT2D eigenvalue weighted by atomic mass is 10.1. The number of fused-ring (bicyclic) bond motifs is 1. The van der Waals surface area contributed by atoms with Crippen LogP contribution in [0.4, 0.5) is 0 Å². The van der Waals surface area contributed by atoms with Crippen LogP contribution in [0.15, 0.2) is 28.0 Å². The predicted octanol–water partition coefficient (Wildman–Crippen LogP) is 1.99. The highest BCUT2D eigenvalue weighted by atomic mass is 32.2. The molecule has 0 aliphatic carbocycles. The third-order valence-electron chi connectivity index (χ3n) is 5.18. The Kier molecular flexibility index (Phi) is 4.62. The van der Waals surface area contributed by atoms with E-state index in [-0.39, 0.29) is 17.0 Å². The van der Waals surface area contributed by atoms with Gasteiger partial charge in [0.1, 0.15) is 5.82 Å². The van der Waals surface area contributed by atoms with E-state index >= 15 is 0 Å². The number of rotatable bonds is 3. The van der Waals surface area contributed by atoms with E-state index < -0.39 is 10.0 Å². The third kappa shape index (κ3) is 3.08. The average molecular weight is 395 g/mol. The fraction of sp³-hybridized carbons (Fsp3) is 0.529. The van der Waals surface area contributed by atoms with E-state index in [1.165, 1.54) is 15.6 Å². The van der Waals surface area contributed by atoms with Crippen LogP contribution >= 0.6 is 11.3 Å². The van der Waals surface area contributed by atoms with Crippen LogP contribution in [-0.2, 0) is 16.4 Å². The SMILES string of the molecule is CC1CCCc2nc(S(=O)(=O)N3CCN(C(=O)c4ccsc4)CC3)cn21. The molecule has 1 saturated heterocycles. The molecular weight excluding hydrogens is 372 g/mol. The molecule has 1 fully saturated rings. The smallest absolute Gasteiger partial charge is 0.262 e. The Balaban J connectivity index is 1.48. The maximum atomic E-state index is 13.0. The molecule has 2 aromatic rings. The van der Waals surface area contributed by atoms with E-state index in [1.807, 2.05) is 15.3 Å². The summed E-state index contributed by atoms with van der Waals surface area (Å²) in [5, 5.41) is 3.83. The van der Waals surface area contributed by atoms with E-state index in [1.54, 1.807) is 17.2 Å². The number of nitrogens with zero attached hydrogens (tertiary/aromatic N) is 4. The van der Waals surface area contributed by atoms with Crippen molar-refractivity contribution >= 4 is 27.3 Å². The normalized spacial score (nSPS) is 21.6. The zero-order valence-electron chi connectivity index (χ0n) is 14.7. The first-order valence-corrected chi connectivity index (χ1v) is 11.2. The van der Waals surface area contributed by atoms with Crippen LogP contribution in [0.25, 0.3) is 0 Å². The molecule has 0 saturated carbocycles. The number of hydrogen-bond donors (Lipinski definition) is 0. The van der Waals surface area contributed by atoms with Crippen molar-refractivity contribution in [1.29, 1.82) is 0 Å². The standard InChI is InChI=1S/C17H22N4O3S2/c1-13-3-2-4-15-18-16(11-21(13)15)26(23,24)20-8-6-19(7-9-20)17(22)14-5-10-25-12-14/h5,10-13H,2-4,6-9H2,1H3. The van der Waals surface area contributed by atoms with Crippen LogP contribution < -0.4 is 0 Å². The minimum atomic E-state index is -3.62. The van der Waals surface area contributed by atoms with Crippen molar-refractivity contribution < 1.29 is 13.2 Å². The number of carbonyl (C=O) groups is 1. The van der Waals surface area contributed by atoms with Gasteiger partial charge in [-0.05, 0) is 31.2 Å². The number of thiophene rings is 1. The summed E-state index contributed by atoms with van der Waals surface area (Å²) >= 11 is 1.48. The molecule has 7 nitrogen and oxygen atoms in total. The molecule has 0 aromatic carbocycles. The zero-order valence-corrected chi connectivity index (χ0v) is 16.3. The first kappa shape index (κ1) is 17.7. The first-order valence-electron chi connectivity index (χ1n) is 8.86. The average Bonchev–Trinajstić information content (AvgIpc) is 3.32. The van der Waals surface area contributed by atoms with Gasteiger partial charge >= 0.3 is 0 Å². The lowest BCUT2D eigenvalue weighted by Crippen LogP contribution is -2.50. The molecule has 1 unspecified atom stereocenters. The van der Waals surface area contributed by atoms with Crippen molar-refractivity contribution in [2.45, 2.75) is 37.3 Å². The third-order valence-corrected chi connectivity index (χ3v) is 7.64. The van der Waals surface area contributed by atoms with Crippen LogP contribution in [0.3, 0.4) is 0 Å². The summed E-state index contributed by atoms with van der Waals surface area (Å²) in [7, 11) is -3.62. The molecule has 9 heteroatoms. The van der Waals surface area contributed by atoms with Crippen LogP contribution in [-0.4, -0.2) is 59.3 Å². The number of carbonyl (C=O) groups excluding carboxylic acids is 1. The number of amides is 1. The summed E-state index contributed by atoms with van der Waals surface area (Å²) < 4.78 is 29.4. The Labute approximate surface area is 157 Å². The largest absolute Gasteiger partial charge is 0.336 e. The Hall–Kier alpha value is -1.71. The van der Waals surface area contributed by atoms with E-state index in [9.17, 15) is 13.2 Å². The van der Waals surface area contributed by atoms with Gasteiger partial charge in [-0.2, -0.15) is 15.6 Å². The maximum Gasteiger partial charge on any atom is 0.262 e. The summed E-state index contributed by atoms with van der Waals surface area (Å²) in [5.74, 6) is 0.822. The number of hydrogen-bond acceptors (Lipinski definition) is 5. The van der Waals surface area contributed by atoms with E-state index in [2.05, 4.69) is 11.9 Å². The van der Waals surface area contributed by atoms with Gasteiger partial charge in [0.2, 0.25) is 0 Å². The lowest BCUT2D eigenvalue weighted by Gasteiger charge is -2.33. The van der Waals surface area contributed by atoms with Crippen molar-refractivity contribution in [3.8, 4) is 0 Å². The Morgan fingerprint density at radius 3 is 2.69 bits per heavy atom. The molecule has 140 valence electrons. The molecule has 1 amide bonds. The van der Waals surface area contributed by atoms with Gasteiger partial charge in [0, 0.05) is 50.2 Å². The Morgan fingerprint density at radius 2 is 2.04 bits per heavy atom. The summed E-state index contributed by atoms with van der Waals surface area (Å²) in [5.41, 5.74) is 0.669. The van der Waals surface area contributed by atoms with Crippen molar-refractivity contribution in [2.75, 3.05) is 26.2 Å². The van der Waals surface area contributed by atoms with E-state index in [0.29, 0.717) is 31.7 Å². The number of piperazine rings is 1. The fourth-order valence-corrected chi connectivity index (χ4v) is 5.63. The van der Waals surface area contributed by atoms with Gasteiger partial charge in [0.25, 0.3) is 15.9 Å². The molecular formula is C17H22N4O3S2. The van der Waals surface area contributed by atoms with Crippen LogP contribution in [0, 0.1) is 0 Å². The summed E-state index contributed by atoms with van der Waals surface area (Å²) in [6, 6.07) is 2.09. The fourth-order valence-electron chi connectivity index (χ4n) is 3.63. The molecule has 26 heavy (non-hydrogen) atoms. The quantitative estimate of drug-likeness (QED) is 0.798. The van der Waals surface area contributed by atoms with Gasteiger partial charge in [-0.1, -0.05) is 0 Å². The molecule has 2 aliphatic heterocycles. The molecule has 4 rings (SSSR count). The van der Waals surface area contributed by atoms with Crippen LogP contribution in [0.1, 0.15) is 42.0 Å². The number of sulfonamides is 1. The number of aromatic nitrogens is 2. The molecule has 0 spiro atoms. The molecule has 0 radical (unpaired) electrons. The zero-order chi connectivity index (χ0) is 18.3. The maximum absolute atomic E-state index is 13.0. The highest BCUT2D eigenvalue weighted by Gasteiger charge is 2.33. The second kappa shape index (κ2) is 6.79. The summed E-state index contributed by atoms with van der Waals surface area (Å²) in [4.78, 5) is 18.5. The highest BCUT2D eigenvalue weighted by molar-refractivity contribution is 7.89. The second-order valence-corrected chi connectivity index (χ2v) is 9.52. The number of aryl methyl sites for hydroxylation is 1. The lowest BCUT2D eigenvalue weighted by molar-refractivity contribution is 0.0698. The molecule has 1 atom stereocenters. The van der Waals surface area contributed by atoms with Gasteiger partial charge in [-0.25, -0.2) is 13.4 Å². The van der Waals surface area contributed by atoms with Crippen molar-refractivity contribution in [3.63, 3.8) is 0 Å². The Bertz CT molecular complexity index is 897. The second-order valence-electron chi connectivity index (χ2n) is 6.85. The number of imidazole rings is 1. The van der Waals surface area contributed by atoms with Crippen LogP contribution in [0.5, 0.6) is 0 Å². The summed E-state index contributed by atoms with van der Waals surface area (Å²) in [6.45, 7) is 3.50. The van der Waals surface area contributed by atoms with Gasteiger partial charge in [0.05, 0.1) is 5.56 Å². The summed E-state index contributed by atoms with van der Waals surface area (Å²) in [6.07, 6.45) is 4.59. The van der Waals surface area contributed by atoms with Gasteiger partial charge in [-0.3, -0.25) is 4.79 Å². The van der Waals surface area contributed by atoms with Crippen molar-refractivity contribution in [1.82, 2.24) is 18.8 Å². The molecule has 2 aromatic heterocycles. The molecule has 4 heterocycles. The van der Waals surface area contributed by atoms with Gasteiger partial charge in [-0.15, -0.1) is 0 Å². The van der Waals surface area contributed by atoms with Crippen molar-refractivity contribution in [3.05, 3.63) is 34.4 Å². The molecule has 0 N–H and O–H groups in total. The monoisotopic (exact) mass is 394 g/mol. The van der Waals surface area contributed by atoms with Crippen LogP contribution in [0.2, 0.25) is 0 Å². The Morgan fingerprint density at radius 1 is 1.27 bits per heavy atom.